The van der Waals surface area contributed by atoms with Gasteiger partial charge in [-0.25, -0.2) is 0 Å². The van der Waals surface area contributed by atoms with Crippen molar-refractivity contribution >= 4 is 21.7 Å². The summed E-state index contributed by atoms with van der Waals surface area (Å²) >= 11 is 0. The summed E-state index contributed by atoms with van der Waals surface area (Å²) in [5.74, 6) is -0.0408. The van der Waals surface area contributed by atoms with Gasteiger partial charge in [0.05, 0.1) is 17.9 Å². The number of amides is 1. The highest BCUT2D eigenvalue weighted by Crippen LogP contribution is 2.27. The second kappa shape index (κ2) is 6.14. The maximum Gasteiger partial charge on any atom is 0.297 e. The molecule has 0 spiro atoms. The van der Waals surface area contributed by atoms with Crippen molar-refractivity contribution in [1.29, 1.82) is 0 Å². The van der Waals surface area contributed by atoms with Gasteiger partial charge in [-0.3, -0.25) is 8.98 Å². The molecule has 1 heterocycles. The molecule has 0 bridgehead atoms. The van der Waals surface area contributed by atoms with Crippen molar-refractivity contribution in [2.24, 2.45) is 0 Å². The molecule has 0 saturated carbocycles. The molecule has 0 atom stereocenters. The van der Waals surface area contributed by atoms with Gasteiger partial charge < -0.3 is 5.32 Å². The largest absolute Gasteiger partial charge is 0.326 e. The Morgan fingerprint density at radius 2 is 1.91 bits per heavy atom. The van der Waals surface area contributed by atoms with Crippen LogP contribution < -0.4 is 5.32 Å². The van der Waals surface area contributed by atoms with Crippen LogP contribution in [-0.4, -0.2) is 20.9 Å². The molecule has 6 heteroatoms. The van der Waals surface area contributed by atoms with E-state index in [0.29, 0.717) is 18.4 Å². The van der Waals surface area contributed by atoms with E-state index >= 15 is 0 Å². The average molecular weight is 331 g/mol. The van der Waals surface area contributed by atoms with Gasteiger partial charge in [0.2, 0.25) is 5.91 Å². The maximum atomic E-state index is 12.2. The zero-order chi connectivity index (χ0) is 16.4. The van der Waals surface area contributed by atoms with E-state index in [1.807, 2.05) is 18.2 Å². The van der Waals surface area contributed by atoms with E-state index in [9.17, 15) is 13.2 Å². The molecule has 3 rings (SSSR count). The Morgan fingerprint density at radius 1 is 1.13 bits per heavy atom. The number of carbonyl (C=O) groups excluding carboxylic acids is 1. The minimum atomic E-state index is -3.77. The van der Waals surface area contributed by atoms with E-state index in [1.165, 1.54) is 6.07 Å². The third-order valence-electron chi connectivity index (χ3n) is 3.86. The van der Waals surface area contributed by atoms with Crippen molar-refractivity contribution in [3.8, 4) is 0 Å². The van der Waals surface area contributed by atoms with Gasteiger partial charge in [-0.05, 0) is 42.2 Å². The summed E-state index contributed by atoms with van der Waals surface area (Å²) in [6.45, 7) is 1.78. The Bertz CT molecular complexity index is 859. The van der Waals surface area contributed by atoms with E-state index in [2.05, 4.69) is 5.32 Å². The molecular formula is C17H17NO4S. The molecule has 0 aromatic heterocycles. The first-order chi connectivity index (χ1) is 11.0. The van der Waals surface area contributed by atoms with Crippen LogP contribution in [0.2, 0.25) is 0 Å². The highest BCUT2D eigenvalue weighted by molar-refractivity contribution is 7.86. The lowest BCUT2D eigenvalue weighted by Gasteiger charge is -2.10. The molecule has 1 amide bonds. The van der Waals surface area contributed by atoms with Crippen molar-refractivity contribution in [3.05, 3.63) is 59.2 Å². The fourth-order valence-corrected chi connectivity index (χ4v) is 3.85. The van der Waals surface area contributed by atoms with E-state index in [1.54, 1.807) is 25.1 Å². The third-order valence-corrected chi connectivity index (χ3v) is 5.33. The van der Waals surface area contributed by atoms with Crippen LogP contribution in [0.25, 0.3) is 0 Å². The van der Waals surface area contributed by atoms with E-state index in [0.717, 1.165) is 16.8 Å². The number of benzene rings is 2. The number of hydrogen-bond donors (Lipinski definition) is 1. The average Bonchev–Trinajstić information content (AvgIpc) is 2.88. The molecule has 2 aromatic carbocycles. The molecular weight excluding hydrogens is 314 g/mol. The number of hydrogen-bond acceptors (Lipinski definition) is 4. The predicted molar refractivity (Wildman–Crippen MR) is 86.8 cm³/mol. The van der Waals surface area contributed by atoms with Crippen LogP contribution >= 0.6 is 0 Å². The summed E-state index contributed by atoms with van der Waals surface area (Å²) < 4.78 is 29.6. The van der Waals surface area contributed by atoms with E-state index in [-0.39, 0.29) is 17.4 Å². The fraction of sp³-hybridized carbons (Fsp3) is 0.235. The van der Waals surface area contributed by atoms with Crippen LogP contribution in [0.15, 0.2) is 47.4 Å². The first-order valence-corrected chi connectivity index (χ1v) is 8.74. The monoisotopic (exact) mass is 331 g/mol. The lowest BCUT2D eigenvalue weighted by atomic mass is 10.0. The SMILES string of the molecule is Cc1ccccc1S(=O)(=O)OCCc1cccc2c1CC(=O)N2. The second-order valence-corrected chi connectivity index (χ2v) is 7.04. The predicted octanol–water partition coefficient (Wildman–Crippen LogP) is 2.44. The van der Waals surface area contributed by atoms with E-state index < -0.39 is 10.1 Å². The molecule has 0 aliphatic carbocycles. The van der Waals surface area contributed by atoms with Crippen molar-refractivity contribution in [1.82, 2.24) is 0 Å². The Morgan fingerprint density at radius 3 is 2.70 bits per heavy atom. The van der Waals surface area contributed by atoms with Crippen molar-refractivity contribution in [3.63, 3.8) is 0 Å². The molecule has 0 unspecified atom stereocenters. The van der Waals surface area contributed by atoms with Gasteiger partial charge in [0, 0.05) is 5.69 Å². The summed E-state index contributed by atoms with van der Waals surface area (Å²) in [6.07, 6.45) is 0.763. The molecule has 5 nitrogen and oxygen atoms in total. The number of carbonyl (C=O) groups is 1. The zero-order valence-electron chi connectivity index (χ0n) is 12.7. The zero-order valence-corrected chi connectivity index (χ0v) is 13.5. The van der Waals surface area contributed by atoms with Gasteiger partial charge in [0.25, 0.3) is 10.1 Å². The minimum Gasteiger partial charge on any atom is -0.326 e. The Balaban J connectivity index is 1.70. The lowest BCUT2D eigenvalue weighted by molar-refractivity contribution is -0.115. The second-order valence-electron chi connectivity index (χ2n) is 5.46. The smallest absolute Gasteiger partial charge is 0.297 e. The lowest BCUT2D eigenvalue weighted by Crippen LogP contribution is -2.11. The van der Waals surface area contributed by atoms with Crippen LogP contribution in [0.3, 0.4) is 0 Å². The minimum absolute atomic E-state index is 0.0408. The Kier molecular flexibility index (Phi) is 4.19. The molecule has 1 N–H and O–H groups in total. The van der Waals surface area contributed by atoms with Gasteiger partial charge in [0.15, 0.2) is 0 Å². The summed E-state index contributed by atoms with van der Waals surface area (Å²) in [7, 11) is -3.77. The number of nitrogens with one attached hydrogen (secondary N) is 1. The highest BCUT2D eigenvalue weighted by atomic mass is 32.2. The number of aryl methyl sites for hydroxylation is 1. The Hall–Kier alpha value is -2.18. The van der Waals surface area contributed by atoms with Crippen LogP contribution in [-0.2, 0) is 31.9 Å². The maximum absolute atomic E-state index is 12.2. The topological polar surface area (TPSA) is 72.5 Å². The van der Waals surface area contributed by atoms with Crippen molar-refractivity contribution in [2.75, 3.05) is 11.9 Å². The molecule has 1 aliphatic rings. The molecule has 0 radical (unpaired) electrons. The fourth-order valence-electron chi connectivity index (χ4n) is 2.71. The number of fused-ring (bicyclic) bond motifs is 1. The van der Waals surface area contributed by atoms with Gasteiger partial charge >= 0.3 is 0 Å². The van der Waals surface area contributed by atoms with E-state index in [4.69, 9.17) is 4.18 Å². The van der Waals surface area contributed by atoms with Crippen molar-refractivity contribution < 1.29 is 17.4 Å². The number of rotatable bonds is 5. The molecule has 120 valence electrons. The van der Waals surface area contributed by atoms with Crippen LogP contribution in [0, 0.1) is 6.92 Å². The molecule has 23 heavy (non-hydrogen) atoms. The third kappa shape index (κ3) is 3.28. The first kappa shape index (κ1) is 15.7. The van der Waals surface area contributed by atoms with Crippen LogP contribution in [0.1, 0.15) is 16.7 Å². The quantitative estimate of drug-likeness (QED) is 0.854. The standard InChI is InChI=1S/C17H17NO4S/c1-12-5-2-3-8-16(12)23(20,21)22-10-9-13-6-4-7-15-14(13)11-17(19)18-15/h2-8H,9-11H2,1H3,(H,18,19). The van der Waals surface area contributed by atoms with Crippen molar-refractivity contribution in [2.45, 2.75) is 24.7 Å². The van der Waals surface area contributed by atoms with Gasteiger partial charge in [-0.2, -0.15) is 8.42 Å². The molecule has 0 fully saturated rings. The van der Waals surface area contributed by atoms with Crippen LogP contribution in [0.5, 0.6) is 0 Å². The first-order valence-electron chi connectivity index (χ1n) is 7.33. The summed E-state index contributed by atoms with van der Waals surface area (Å²) in [5.41, 5.74) is 3.31. The van der Waals surface area contributed by atoms with Gasteiger partial charge in [-0.15, -0.1) is 0 Å². The van der Waals surface area contributed by atoms with Crippen LogP contribution in [0.4, 0.5) is 5.69 Å². The normalized spacial score (nSPS) is 13.7. The molecule has 2 aromatic rings. The number of anilines is 1. The highest BCUT2D eigenvalue weighted by Gasteiger charge is 2.21. The summed E-state index contributed by atoms with van der Waals surface area (Å²) in [4.78, 5) is 11.7. The van der Waals surface area contributed by atoms with Gasteiger partial charge in [-0.1, -0.05) is 30.3 Å². The Labute approximate surface area is 135 Å². The molecule has 0 saturated heterocycles. The summed E-state index contributed by atoms with van der Waals surface area (Å²) in [5, 5.41) is 2.78. The van der Waals surface area contributed by atoms with Gasteiger partial charge in [0.1, 0.15) is 0 Å². The summed E-state index contributed by atoms with van der Waals surface area (Å²) in [6, 6.07) is 12.3. The molecule has 1 aliphatic heterocycles.